The van der Waals surface area contributed by atoms with Gasteiger partial charge in [-0.25, -0.2) is 0 Å². The van der Waals surface area contributed by atoms with E-state index in [1.54, 1.807) is 4.52 Å². The second kappa shape index (κ2) is 5.14. The summed E-state index contributed by atoms with van der Waals surface area (Å²) < 4.78 is 2.52. The van der Waals surface area contributed by atoms with Gasteiger partial charge in [0.2, 0.25) is 10.7 Å². The lowest BCUT2D eigenvalue weighted by atomic mass is 10.2. The molecule has 0 radical (unpaired) electrons. The molecule has 0 saturated carbocycles. The largest absolute Gasteiger partial charge is 0.321 e. The maximum atomic E-state index is 12.4. The minimum absolute atomic E-state index is 0.149. The van der Waals surface area contributed by atoms with Crippen molar-refractivity contribution in [2.45, 2.75) is 19.0 Å². The van der Waals surface area contributed by atoms with E-state index >= 15 is 0 Å². The van der Waals surface area contributed by atoms with Crippen LogP contribution in [0.3, 0.4) is 0 Å². The van der Waals surface area contributed by atoms with Crippen LogP contribution < -0.4 is 10.1 Å². The quantitative estimate of drug-likeness (QED) is 0.437. The van der Waals surface area contributed by atoms with E-state index in [9.17, 15) is 4.79 Å². The van der Waals surface area contributed by atoms with Gasteiger partial charge >= 0.3 is 11.4 Å². The second-order valence-corrected chi connectivity index (χ2v) is 6.44. The molecule has 0 fully saturated rings. The average Bonchev–Trinajstić information content (AvgIpc) is 2.40. The Morgan fingerprint density at radius 1 is 1.45 bits per heavy atom. The molecule has 0 spiro atoms. The van der Waals surface area contributed by atoms with Crippen LogP contribution in [-0.4, -0.2) is 20.8 Å². The lowest BCUT2D eigenvalue weighted by molar-refractivity contribution is -0.596. The molecule has 3 aromatic rings. The second-order valence-electron chi connectivity index (χ2n) is 4.27. The summed E-state index contributed by atoms with van der Waals surface area (Å²) in [5.41, 5.74) is 1.16. The molecule has 1 aromatic carbocycles. The summed E-state index contributed by atoms with van der Waals surface area (Å²) in [6, 6.07) is 5.69. The van der Waals surface area contributed by atoms with Crippen LogP contribution in [0.5, 0.6) is 0 Å². The van der Waals surface area contributed by atoms with Crippen molar-refractivity contribution in [3.05, 3.63) is 38.9 Å². The highest BCUT2D eigenvalue weighted by Crippen LogP contribution is 2.19. The molecule has 2 aromatic heterocycles. The van der Waals surface area contributed by atoms with E-state index in [1.807, 2.05) is 32.0 Å². The minimum atomic E-state index is -0.149. The van der Waals surface area contributed by atoms with E-state index in [0.717, 1.165) is 21.1 Å². The van der Waals surface area contributed by atoms with Gasteiger partial charge in [-0.2, -0.15) is 0 Å². The number of benzene rings is 1. The number of thioether (sulfide) groups is 1. The fourth-order valence-electron chi connectivity index (χ4n) is 2.11. The topological polar surface area (TPSA) is 62.7 Å². The summed E-state index contributed by atoms with van der Waals surface area (Å²) >= 11 is 4.92. The molecule has 5 nitrogen and oxygen atoms in total. The fraction of sp³-hybridized carbons (Fsp3) is 0.231. The molecule has 0 atom stereocenters. The van der Waals surface area contributed by atoms with Crippen LogP contribution in [0, 0.1) is 6.92 Å². The zero-order chi connectivity index (χ0) is 14.3. The number of aryl methyl sites for hydroxylation is 1. The third kappa shape index (κ3) is 2.20. The summed E-state index contributed by atoms with van der Waals surface area (Å²) in [5, 5.41) is 5.84. The van der Waals surface area contributed by atoms with Crippen molar-refractivity contribution in [2.24, 2.45) is 0 Å². The standard InChI is InChI=1S/C13H11BrN4OS/c1-3-20-13-16-12(19)11-9-6-8(14)4-5-10(9)15-7(2)18(11)17-13/h4-6H,3H2,1-2H3/p+1. The van der Waals surface area contributed by atoms with Crippen LogP contribution in [0.1, 0.15) is 12.7 Å². The van der Waals surface area contributed by atoms with E-state index in [2.05, 4.69) is 31.0 Å². The van der Waals surface area contributed by atoms with Crippen molar-refractivity contribution in [1.29, 1.82) is 0 Å². The number of hydrogen-bond acceptors (Lipinski definition) is 4. The molecule has 0 aliphatic carbocycles. The molecule has 3 rings (SSSR count). The Labute approximate surface area is 127 Å². The molecule has 7 heteroatoms. The first-order chi connectivity index (χ1) is 9.60. The molecule has 0 amide bonds. The first kappa shape index (κ1) is 13.5. The predicted octanol–water partition coefficient (Wildman–Crippen LogP) is 2.24. The number of nitrogens with zero attached hydrogens (tertiary/aromatic N) is 3. The van der Waals surface area contributed by atoms with Crippen LogP contribution >= 0.6 is 27.7 Å². The number of hydrogen-bond donors (Lipinski definition) is 1. The van der Waals surface area contributed by atoms with E-state index in [0.29, 0.717) is 16.5 Å². The van der Waals surface area contributed by atoms with Crippen molar-refractivity contribution < 1.29 is 4.52 Å². The maximum Gasteiger partial charge on any atom is 0.321 e. The highest BCUT2D eigenvalue weighted by atomic mass is 79.9. The average molecular weight is 352 g/mol. The lowest BCUT2D eigenvalue weighted by Crippen LogP contribution is -2.38. The molecule has 2 heterocycles. The SMILES string of the molecule is CCSc1n[n+]2c(C)nc3ccc(Br)cc3c2c(=O)[nH]1. The van der Waals surface area contributed by atoms with Gasteiger partial charge in [0.25, 0.3) is 0 Å². The van der Waals surface area contributed by atoms with Gasteiger partial charge in [0.1, 0.15) is 0 Å². The van der Waals surface area contributed by atoms with Crippen molar-refractivity contribution >= 4 is 44.1 Å². The van der Waals surface area contributed by atoms with Crippen molar-refractivity contribution in [1.82, 2.24) is 15.1 Å². The Morgan fingerprint density at radius 3 is 3.00 bits per heavy atom. The molecular formula is C13H12BrN4OS+. The van der Waals surface area contributed by atoms with Gasteiger partial charge in [0.15, 0.2) is 5.52 Å². The summed E-state index contributed by atoms with van der Waals surface area (Å²) in [6.45, 7) is 3.86. The smallest absolute Gasteiger partial charge is 0.295 e. The summed E-state index contributed by atoms with van der Waals surface area (Å²) in [6.07, 6.45) is 0. The van der Waals surface area contributed by atoms with Crippen molar-refractivity contribution in [3.8, 4) is 0 Å². The van der Waals surface area contributed by atoms with Crippen LogP contribution in [-0.2, 0) is 0 Å². The first-order valence-corrected chi connectivity index (χ1v) is 7.93. The van der Waals surface area contributed by atoms with Gasteiger partial charge < -0.3 is 0 Å². The molecule has 0 bridgehead atoms. The van der Waals surface area contributed by atoms with Crippen LogP contribution in [0.25, 0.3) is 16.4 Å². The Morgan fingerprint density at radius 2 is 2.25 bits per heavy atom. The highest BCUT2D eigenvalue weighted by Gasteiger charge is 2.19. The van der Waals surface area contributed by atoms with Crippen LogP contribution in [0.15, 0.2) is 32.6 Å². The highest BCUT2D eigenvalue weighted by molar-refractivity contribution is 9.10. The Balaban J connectivity index is 2.49. The zero-order valence-electron chi connectivity index (χ0n) is 11.0. The van der Waals surface area contributed by atoms with Gasteiger partial charge in [0, 0.05) is 11.4 Å². The van der Waals surface area contributed by atoms with Gasteiger partial charge in [0.05, 0.1) is 5.39 Å². The molecule has 1 N–H and O–H groups in total. The van der Waals surface area contributed by atoms with E-state index < -0.39 is 0 Å². The third-order valence-electron chi connectivity index (χ3n) is 2.92. The number of halogens is 1. The number of aromatic amines is 1. The van der Waals surface area contributed by atoms with Crippen molar-refractivity contribution in [3.63, 3.8) is 0 Å². The Hall–Kier alpha value is -1.47. The van der Waals surface area contributed by atoms with Gasteiger partial charge in [-0.05, 0) is 28.9 Å². The molecular weight excluding hydrogens is 340 g/mol. The first-order valence-electron chi connectivity index (χ1n) is 6.15. The normalized spacial score (nSPS) is 11.3. The molecule has 102 valence electrons. The molecule has 0 aliphatic rings. The maximum absolute atomic E-state index is 12.4. The predicted molar refractivity (Wildman–Crippen MR) is 82.2 cm³/mol. The summed E-state index contributed by atoms with van der Waals surface area (Å²) in [4.78, 5) is 19.7. The summed E-state index contributed by atoms with van der Waals surface area (Å²) in [7, 11) is 0. The van der Waals surface area contributed by atoms with E-state index in [1.165, 1.54) is 11.8 Å². The number of H-pyrrole nitrogens is 1. The number of fused-ring (bicyclic) bond motifs is 3. The number of aromatic nitrogens is 4. The fourth-order valence-corrected chi connectivity index (χ4v) is 3.05. The third-order valence-corrected chi connectivity index (χ3v) is 4.16. The van der Waals surface area contributed by atoms with Crippen molar-refractivity contribution in [2.75, 3.05) is 5.75 Å². The monoisotopic (exact) mass is 351 g/mol. The van der Waals surface area contributed by atoms with Crippen LogP contribution in [0.4, 0.5) is 0 Å². The lowest BCUT2D eigenvalue weighted by Gasteiger charge is -2.01. The van der Waals surface area contributed by atoms with E-state index in [-0.39, 0.29) is 5.56 Å². The molecule has 0 aliphatic heterocycles. The van der Waals surface area contributed by atoms with Gasteiger partial charge in [-0.3, -0.25) is 9.78 Å². The minimum Gasteiger partial charge on any atom is -0.295 e. The number of nitrogens with one attached hydrogen (secondary N) is 1. The summed E-state index contributed by atoms with van der Waals surface area (Å²) in [5.74, 6) is 1.54. The van der Waals surface area contributed by atoms with Gasteiger partial charge in [-0.15, -0.1) is 0 Å². The molecule has 0 unspecified atom stereocenters. The molecule has 0 saturated heterocycles. The van der Waals surface area contributed by atoms with E-state index in [4.69, 9.17) is 0 Å². The Kier molecular flexibility index (Phi) is 3.47. The molecule has 20 heavy (non-hydrogen) atoms. The van der Waals surface area contributed by atoms with Crippen LogP contribution in [0.2, 0.25) is 0 Å². The number of rotatable bonds is 2. The Bertz CT molecular complexity index is 877. The van der Waals surface area contributed by atoms with Gasteiger partial charge in [-0.1, -0.05) is 44.2 Å². The zero-order valence-corrected chi connectivity index (χ0v) is 13.4.